The van der Waals surface area contributed by atoms with E-state index in [4.69, 9.17) is 18.6 Å². The van der Waals surface area contributed by atoms with E-state index in [1.807, 2.05) is 0 Å². The Kier molecular flexibility index (Phi) is 5.20. The van der Waals surface area contributed by atoms with E-state index >= 15 is 0 Å². The SMILES string of the molecule is C#CC1(NC(=S)NC2CC(C)CC(C)(C)C2)CCCCC1. The number of terminal acetylenes is 1. The van der Waals surface area contributed by atoms with Crippen LogP contribution < -0.4 is 10.6 Å². The molecule has 118 valence electrons. The summed E-state index contributed by atoms with van der Waals surface area (Å²) >= 11 is 5.55. The van der Waals surface area contributed by atoms with Crippen LogP contribution in [0, 0.1) is 23.7 Å². The molecule has 2 rings (SSSR count). The fourth-order valence-corrected chi connectivity index (χ4v) is 4.72. The first-order chi connectivity index (χ1) is 9.84. The molecule has 2 atom stereocenters. The van der Waals surface area contributed by atoms with Gasteiger partial charge in [-0.2, -0.15) is 0 Å². The molecule has 0 heterocycles. The van der Waals surface area contributed by atoms with Gasteiger partial charge in [0.1, 0.15) is 5.54 Å². The van der Waals surface area contributed by atoms with Gasteiger partial charge in [0.15, 0.2) is 5.11 Å². The van der Waals surface area contributed by atoms with E-state index in [9.17, 15) is 0 Å². The molecule has 2 aliphatic rings. The summed E-state index contributed by atoms with van der Waals surface area (Å²) in [5, 5.41) is 7.75. The molecule has 0 amide bonds. The Labute approximate surface area is 135 Å². The van der Waals surface area contributed by atoms with Crippen molar-refractivity contribution in [2.24, 2.45) is 11.3 Å². The highest BCUT2D eigenvalue weighted by Crippen LogP contribution is 2.38. The van der Waals surface area contributed by atoms with Crippen molar-refractivity contribution in [2.75, 3.05) is 0 Å². The molecule has 2 unspecified atom stereocenters. The maximum atomic E-state index is 5.78. The smallest absolute Gasteiger partial charge is 0.167 e. The minimum Gasteiger partial charge on any atom is -0.360 e. The van der Waals surface area contributed by atoms with Gasteiger partial charge in [-0.1, -0.05) is 46.0 Å². The highest BCUT2D eigenvalue weighted by atomic mass is 32.1. The summed E-state index contributed by atoms with van der Waals surface area (Å²) in [6.45, 7) is 7.06. The minimum atomic E-state index is -0.210. The van der Waals surface area contributed by atoms with Crippen molar-refractivity contribution in [3.63, 3.8) is 0 Å². The Morgan fingerprint density at radius 2 is 1.86 bits per heavy atom. The van der Waals surface area contributed by atoms with Gasteiger partial charge in [0.05, 0.1) is 0 Å². The lowest BCUT2D eigenvalue weighted by atomic mass is 9.70. The summed E-state index contributed by atoms with van der Waals surface area (Å²) in [4.78, 5) is 0. The predicted octanol–water partition coefficient (Wildman–Crippen LogP) is 4.00. The predicted molar refractivity (Wildman–Crippen MR) is 94.1 cm³/mol. The summed E-state index contributed by atoms with van der Waals surface area (Å²) in [5.41, 5.74) is 0.192. The Bertz CT molecular complexity index is 415. The Morgan fingerprint density at radius 3 is 2.43 bits per heavy atom. The van der Waals surface area contributed by atoms with Crippen LogP contribution in [0.4, 0.5) is 0 Å². The van der Waals surface area contributed by atoms with E-state index < -0.39 is 0 Å². The van der Waals surface area contributed by atoms with Crippen LogP contribution in [0.3, 0.4) is 0 Å². The van der Waals surface area contributed by atoms with Gasteiger partial charge in [-0.05, 0) is 55.7 Å². The third kappa shape index (κ3) is 4.61. The first-order valence-electron chi connectivity index (χ1n) is 8.41. The molecule has 0 aliphatic heterocycles. The third-order valence-corrected chi connectivity index (χ3v) is 5.28. The van der Waals surface area contributed by atoms with Crippen LogP contribution in [0.15, 0.2) is 0 Å². The second-order valence-corrected chi connectivity index (χ2v) is 8.40. The average Bonchev–Trinajstić information content (AvgIpc) is 2.37. The van der Waals surface area contributed by atoms with Gasteiger partial charge >= 0.3 is 0 Å². The highest BCUT2D eigenvalue weighted by molar-refractivity contribution is 7.80. The number of hydrogen-bond donors (Lipinski definition) is 2. The van der Waals surface area contributed by atoms with Crippen LogP contribution in [-0.2, 0) is 0 Å². The molecule has 0 aromatic heterocycles. The quantitative estimate of drug-likeness (QED) is 0.595. The van der Waals surface area contributed by atoms with Gasteiger partial charge in [-0.15, -0.1) is 6.42 Å². The first-order valence-corrected chi connectivity index (χ1v) is 8.81. The van der Waals surface area contributed by atoms with E-state index in [1.165, 1.54) is 38.5 Å². The molecule has 2 fully saturated rings. The molecule has 21 heavy (non-hydrogen) atoms. The lowest BCUT2D eigenvalue weighted by Crippen LogP contribution is -2.55. The highest BCUT2D eigenvalue weighted by Gasteiger charge is 2.34. The van der Waals surface area contributed by atoms with Crippen molar-refractivity contribution in [3.05, 3.63) is 0 Å². The molecule has 2 saturated carbocycles. The van der Waals surface area contributed by atoms with E-state index in [2.05, 4.69) is 37.3 Å². The fraction of sp³-hybridized carbons (Fsp3) is 0.833. The Hall–Kier alpha value is -0.750. The summed E-state index contributed by atoms with van der Waals surface area (Å²) in [7, 11) is 0. The zero-order valence-corrected chi connectivity index (χ0v) is 14.6. The van der Waals surface area contributed by atoms with Crippen LogP contribution in [0.2, 0.25) is 0 Å². The molecule has 0 saturated heterocycles. The molecule has 0 aromatic rings. The molecule has 2 nitrogen and oxygen atoms in total. The zero-order chi connectivity index (χ0) is 15.5. The maximum absolute atomic E-state index is 5.78. The molecule has 0 spiro atoms. The van der Waals surface area contributed by atoms with Crippen molar-refractivity contribution < 1.29 is 0 Å². The topological polar surface area (TPSA) is 24.1 Å². The number of thiocarbonyl (C=S) groups is 1. The lowest BCUT2D eigenvalue weighted by Gasteiger charge is -2.41. The summed E-state index contributed by atoms with van der Waals surface area (Å²) in [5.74, 6) is 3.73. The Balaban J connectivity index is 1.90. The van der Waals surface area contributed by atoms with E-state index in [0.717, 1.165) is 23.9 Å². The summed E-state index contributed by atoms with van der Waals surface area (Å²) in [6.07, 6.45) is 15.2. The van der Waals surface area contributed by atoms with Crippen LogP contribution in [0.5, 0.6) is 0 Å². The van der Waals surface area contributed by atoms with Crippen molar-refractivity contribution in [1.82, 2.24) is 10.6 Å². The van der Waals surface area contributed by atoms with Gasteiger partial charge in [-0.3, -0.25) is 0 Å². The standard InChI is InChI=1S/C18H30N2S/c1-5-18(9-7-6-8-10-18)20-16(21)19-15-11-14(2)12-17(3,4)13-15/h1,14-15H,6-13H2,2-4H3,(H2,19,20,21). The van der Waals surface area contributed by atoms with Crippen LogP contribution in [-0.4, -0.2) is 16.7 Å². The zero-order valence-electron chi connectivity index (χ0n) is 13.8. The van der Waals surface area contributed by atoms with Crippen LogP contribution in [0.25, 0.3) is 0 Å². The lowest BCUT2D eigenvalue weighted by molar-refractivity contribution is 0.161. The molecule has 0 bridgehead atoms. The van der Waals surface area contributed by atoms with Gasteiger partial charge in [0, 0.05) is 6.04 Å². The molecule has 0 radical (unpaired) electrons. The third-order valence-electron chi connectivity index (χ3n) is 5.06. The molecule has 3 heteroatoms. The maximum Gasteiger partial charge on any atom is 0.167 e. The van der Waals surface area contributed by atoms with E-state index in [-0.39, 0.29) is 5.54 Å². The minimum absolute atomic E-state index is 0.210. The molecular formula is C18H30N2S. The summed E-state index contributed by atoms with van der Waals surface area (Å²) in [6, 6.07) is 0.474. The van der Waals surface area contributed by atoms with Gasteiger partial charge in [0.25, 0.3) is 0 Å². The molecule has 2 N–H and O–H groups in total. The van der Waals surface area contributed by atoms with Gasteiger partial charge in [0.2, 0.25) is 0 Å². The van der Waals surface area contributed by atoms with Gasteiger partial charge < -0.3 is 10.6 Å². The number of hydrogen-bond acceptors (Lipinski definition) is 1. The second-order valence-electron chi connectivity index (χ2n) is 8.00. The van der Waals surface area contributed by atoms with Gasteiger partial charge in [-0.25, -0.2) is 0 Å². The number of nitrogens with one attached hydrogen (secondary N) is 2. The molecular weight excluding hydrogens is 276 g/mol. The molecule has 2 aliphatic carbocycles. The monoisotopic (exact) mass is 306 g/mol. The van der Waals surface area contributed by atoms with Crippen molar-refractivity contribution in [1.29, 1.82) is 0 Å². The summed E-state index contributed by atoms with van der Waals surface area (Å²) < 4.78 is 0. The van der Waals surface area contributed by atoms with Crippen LogP contribution >= 0.6 is 12.2 Å². The van der Waals surface area contributed by atoms with Crippen LogP contribution in [0.1, 0.15) is 72.1 Å². The van der Waals surface area contributed by atoms with Crippen molar-refractivity contribution >= 4 is 17.3 Å². The second kappa shape index (κ2) is 6.57. The Morgan fingerprint density at radius 1 is 1.19 bits per heavy atom. The largest absolute Gasteiger partial charge is 0.360 e. The normalized spacial score (nSPS) is 31.0. The fourth-order valence-electron chi connectivity index (χ4n) is 4.36. The van der Waals surface area contributed by atoms with E-state index in [0.29, 0.717) is 11.5 Å². The molecule has 0 aromatic carbocycles. The van der Waals surface area contributed by atoms with Crippen molar-refractivity contribution in [2.45, 2.75) is 83.7 Å². The average molecular weight is 307 g/mol. The van der Waals surface area contributed by atoms with Crippen molar-refractivity contribution in [3.8, 4) is 12.3 Å². The number of rotatable bonds is 2. The van der Waals surface area contributed by atoms with E-state index in [1.54, 1.807) is 0 Å². The first kappa shape index (κ1) is 16.6.